The van der Waals surface area contributed by atoms with E-state index in [4.69, 9.17) is 0 Å². The maximum Gasteiger partial charge on any atom is 0.315 e. The van der Waals surface area contributed by atoms with Crippen LogP contribution in [0.2, 0.25) is 0 Å². The molecule has 26 heavy (non-hydrogen) atoms. The predicted octanol–water partition coefficient (Wildman–Crippen LogP) is 3.57. The molecule has 4 nitrogen and oxygen atoms in total. The van der Waals surface area contributed by atoms with Gasteiger partial charge in [-0.25, -0.2) is 16.9 Å². The van der Waals surface area contributed by atoms with Gasteiger partial charge in [0.2, 0.25) is 0 Å². The number of amides is 2. The number of carbonyl (C=O) groups excluding carboxylic acids is 1. The van der Waals surface area contributed by atoms with E-state index in [0.29, 0.717) is 17.3 Å². The standard InChI is InChI=1S/C15H21N2O2S.C5H5.Fe/c18-12(10-5-1-2-6-10)7-3-4-8-13-14-11(9-20-13)16-15(19)17-14;1-2-4-5-3-1;/h1-2,5-6,11-14,18H,3-4,7-9H2,(H2,16,17,19);1-5H;/q-1;-5;/t11-,12-,13-,14-;;/m0../s1. The van der Waals surface area contributed by atoms with Gasteiger partial charge in [0.1, 0.15) is 0 Å². The molecule has 6 heteroatoms. The average Bonchev–Trinajstić information content (AvgIpc) is 3.37. The quantitative estimate of drug-likeness (QED) is 0.293. The van der Waals surface area contributed by atoms with Crippen molar-refractivity contribution in [3.63, 3.8) is 0 Å². The Hall–Kier alpha value is -1.20. The fourth-order valence-electron chi connectivity index (χ4n) is 3.42. The van der Waals surface area contributed by atoms with Crippen molar-refractivity contribution in [1.29, 1.82) is 0 Å². The molecule has 0 aliphatic carbocycles. The van der Waals surface area contributed by atoms with E-state index in [9.17, 15) is 9.90 Å². The third-order valence-electron chi connectivity index (χ3n) is 4.78. The summed E-state index contributed by atoms with van der Waals surface area (Å²) in [4.78, 5) is 11.3. The van der Waals surface area contributed by atoms with Crippen LogP contribution in [0.4, 0.5) is 4.79 Å². The van der Waals surface area contributed by atoms with E-state index in [1.165, 1.54) is 0 Å². The van der Waals surface area contributed by atoms with Gasteiger partial charge in [0.25, 0.3) is 0 Å². The number of thioether (sulfide) groups is 1. The SMILES string of the molecule is O=C1N[C@H]2[C@H](CS[C@H]2CCCC[C@H](O)[c-]2cccc2)N1.[Fe].[cH-]1[cH-][cH-][cH-][cH-]1. The van der Waals surface area contributed by atoms with Crippen molar-refractivity contribution in [3.05, 3.63) is 60.2 Å². The second-order valence-corrected chi connectivity index (χ2v) is 7.87. The van der Waals surface area contributed by atoms with Crippen molar-refractivity contribution < 1.29 is 27.0 Å². The third kappa shape index (κ3) is 5.91. The number of unbranched alkanes of at least 4 members (excludes halogenated alkanes) is 1. The summed E-state index contributed by atoms with van der Waals surface area (Å²) in [5.41, 5.74) is 1.02. The van der Waals surface area contributed by atoms with Gasteiger partial charge in [-0.2, -0.15) is 23.9 Å². The maximum absolute atomic E-state index is 11.3. The predicted molar refractivity (Wildman–Crippen MR) is 103 cm³/mol. The molecule has 0 bridgehead atoms. The molecule has 3 N–H and O–H groups in total. The van der Waals surface area contributed by atoms with Crippen molar-refractivity contribution in [1.82, 2.24) is 10.6 Å². The van der Waals surface area contributed by atoms with E-state index in [0.717, 1.165) is 37.0 Å². The average molecular weight is 414 g/mol. The minimum Gasteiger partial charge on any atom is -0.748 e. The van der Waals surface area contributed by atoms with Crippen LogP contribution < -0.4 is 10.6 Å². The fraction of sp³-hybridized carbons (Fsp3) is 0.450. The van der Waals surface area contributed by atoms with Crippen LogP contribution in [0, 0.1) is 0 Å². The van der Waals surface area contributed by atoms with E-state index >= 15 is 0 Å². The molecule has 2 saturated heterocycles. The smallest absolute Gasteiger partial charge is 0.315 e. The summed E-state index contributed by atoms with van der Waals surface area (Å²) in [6, 6.07) is 18.5. The van der Waals surface area contributed by atoms with Gasteiger partial charge in [-0.05, 0) is 12.8 Å². The second kappa shape index (κ2) is 10.8. The number of urea groups is 1. The minimum absolute atomic E-state index is 0. The Morgan fingerprint density at radius 2 is 1.81 bits per heavy atom. The van der Waals surface area contributed by atoms with Crippen LogP contribution in [0.25, 0.3) is 0 Å². The molecule has 2 fully saturated rings. The third-order valence-corrected chi connectivity index (χ3v) is 6.29. The number of nitrogens with one attached hydrogen (secondary N) is 2. The van der Waals surface area contributed by atoms with Crippen molar-refractivity contribution in [2.75, 3.05) is 5.75 Å². The van der Waals surface area contributed by atoms with E-state index in [-0.39, 0.29) is 29.2 Å². The molecule has 0 saturated carbocycles. The summed E-state index contributed by atoms with van der Waals surface area (Å²) in [7, 11) is 0. The number of hydrogen-bond donors (Lipinski definition) is 3. The normalized spacial score (nSPS) is 24.5. The molecule has 2 aromatic carbocycles. The zero-order valence-electron chi connectivity index (χ0n) is 14.7. The van der Waals surface area contributed by atoms with Crippen LogP contribution in [0.3, 0.4) is 0 Å². The second-order valence-electron chi connectivity index (χ2n) is 6.60. The van der Waals surface area contributed by atoms with Gasteiger partial charge in [0, 0.05) is 34.2 Å². The van der Waals surface area contributed by atoms with Gasteiger partial charge in [0.15, 0.2) is 0 Å². The maximum atomic E-state index is 11.3. The van der Waals surface area contributed by atoms with Crippen molar-refractivity contribution >= 4 is 17.8 Å². The topological polar surface area (TPSA) is 61.4 Å². The molecular weight excluding hydrogens is 388 g/mol. The molecular formula is C20H26FeN2O2S-6. The Labute approximate surface area is 170 Å². The summed E-state index contributed by atoms with van der Waals surface area (Å²) in [6.45, 7) is 0. The summed E-state index contributed by atoms with van der Waals surface area (Å²) in [5.74, 6) is 1.02. The van der Waals surface area contributed by atoms with Gasteiger partial charge >= 0.3 is 6.03 Å². The zero-order valence-corrected chi connectivity index (χ0v) is 16.6. The fourth-order valence-corrected chi connectivity index (χ4v) is 4.97. The van der Waals surface area contributed by atoms with Crippen molar-refractivity contribution in [2.24, 2.45) is 0 Å². The summed E-state index contributed by atoms with van der Waals surface area (Å²) < 4.78 is 0. The molecule has 0 spiro atoms. The number of fused-ring (bicyclic) bond motifs is 1. The number of aliphatic hydroxyl groups is 1. The van der Waals surface area contributed by atoms with Crippen LogP contribution in [0.5, 0.6) is 0 Å². The van der Waals surface area contributed by atoms with Crippen LogP contribution in [0.15, 0.2) is 54.6 Å². The van der Waals surface area contributed by atoms with E-state index < -0.39 is 0 Å². The first-order valence-electron chi connectivity index (χ1n) is 8.99. The molecule has 2 aromatic rings. The molecule has 0 aromatic heterocycles. The Morgan fingerprint density at radius 3 is 2.46 bits per heavy atom. The number of aliphatic hydroxyl groups excluding tert-OH is 1. The molecule has 0 unspecified atom stereocenters. The van der Waals surface area contributed by atoms with Crippen LogP contribution >= 0.6 is 11.8 Å². The first-order chi connectivity index (χ1) is 12.2. The molecule has 4 atom stereocenters. The Balaban J connectivity index is 0.000000351. The van der Waals surface area contributed by atoms with Crippen molar-refractivity contribution in [2.45, 2.75) is 49.1 Å². The van der Waals surface area contributed by atoms with E-state index in [2.05, 4.69) is 10.6 Å². The van der Waals surface area contributed by atoms with Gasteiger partial charge in [0.05, 0.1) is 12.1 Å². The molecule has 2 aliphatic heterocycles. The number of rotatable bonds is 6. The molecule has 2 aliphatic rings. The van der Waals surface area contributed by atoms with Crippen LogP contribution in [-0.4, -0.2) is 34.2 Å². The summed E-state index contributed by atoms with van der Waals surface area (Å²) >= 11 is 1.95. The number of hydrogen-bond acceptors (Lipinski definition) is 3. The molecule has 148 valence electrons. The summed E-state index contributed by atoms with van der Waals surface area (Å²) in [5, 5.41) is 16.5. The Bertz CT molecular complexity index is 601. The largest absolute Gasteiger partial charge is 0.748 e. The molecule has 2 heterocycles. The molecule has 4 rings (SSSR count). The first-order valence-corrected chi connectivity index (χ1v) is 10.0. The molecule has 0 radical (unpaired) electrons. The Kier molecular flexibility index (Phi) is 8.79. The van der Waals surface area contributed by atoms with E-state index in [1.807, 2.05) is 66.4 Å². The van der Waals surface area contributed by atoms with E-state index in [1.54, 1.807) is 0 Å². The van der Waals surface area contributed by atoms with Gasteiger partial charge in [-0.3, -0.25) is 0 Å². The number of carbonyl (C=O) groups is 1. The van der Waals surface area contributed by atoms with Crippen LogP contribution in [0.1, 0.15) is 37.4 Å². The van der Waals surface area contributed by atoms with Gasteiger partial charge in [-0.1, -0.05) is 12.8 Å². The van der Waals surface area contributed by atoms with Crippen molar-refractivity contribution in [3.8, 4) is 0 Å². The minimum atomic E-state index is -0.332. The first kappa shape index (κ1) is 21.1. The monoisotopic (exact) mass is 414 g/mol. The Morgan fingerprint density at radius 1 is 1.15 bits per heavy atom. The zero-order chi connectivity index (χ0) is 17.5. The van der Waals surface area contributed by atoms with Gasteiger partial charge in [-0.15, -0.1) is 5.56 Å². The van der Waals surface area contributed by atoms with Crippen LogP contribution in [-0.2, 0) is 17.1 Å². The summed E-state index contributed by atoms with van der Waals surface area (Å²) in [6.07, 6.45) is 3.74. The molecule has 2 amide bonds. The van der Waals surface area contributed by atoms with Gasteiger partial charge < -0.3 is 46.1 Å².